The molecule has 0 spiro atoms. The molecule has 0 atom stereocenters. The minimum absolute atomic E-state index is 0.784. The molecule has 1 aliphatic carbocycles. The van der Waals surface area contributed by atoms with E-state index in [0.717, 1.165) is 5.92 Å². The van der Waals surface area contributed by atoms with E-state index in [2.05, 4.69) is 54.6 Å². The molecular formula is C20H20. The molecule has 0 aliphatic heterocycles. The van der Waals surface area contributed by atoms with Crippen molar-refractivity contribution >= 4 is 21.5 Å². The molecule has 1 fully saturated rings. The maximum Gasteiger partial charge on any atom is -0.0103 e. The van der Waals surface area contributed by atoms with E-state index < -0.39 is 0 Å². The zero-order valence-electron chi connectivity index (χ0n) is 11.8. The second-order valence-electron chi connectivity index (χ2n) is 6.10. The molecule has 0 aromatic heterocycles. The highest BCUT2D eigenvalue weighted by Gasteiger charge is 2.15. The molecule has 0 heterocycles. The molecule has 20 heavy (non-hydrogen) atoms. The topological polar surface area (TPSA) is 0 Å². The van der Waals surface area contributed by atoms with Crippen LogP contribution in [0.15, 0.2) is 54.6 Å². The van der Waals surface area contributed by atoms with Crippen LogP contribution in [-0.4, -0.2) is 0 Å². The van der Waals surface area contributed by atoms with Crippen LogP contribution in [0.1, 0.15) is 43.6 Å². The van der Waals surface area contributed by atoms with Gasteiger partial charge in [0.1, 0.15) is 0 Å². The average Bonchev–Trinajstić information content (AvgIpc) is 2.55. The van der Waals surface area contributed by atoms with Gasteiger partial charge in [0.15, 0.2) is 0 Å². The maximum atomic E-state index is 2.45. The van der Waals surface area contributed by atoms with Crippen molar-refractivity contribution in [3.63, 3.8) is 0 Å². The minimum atomic E-state index is 0.784. The van der Waals surface area contributed by atoms with Crippen LogP contribution in [0, 0.1) is 0 Å². The van der Waals surface area contributed by atoms with Gasteiger partial charge in [0.25, 0.3) is 0 Å². The first-order chi connectivity index (χ1) is 9.92. The average molecular weight is 260 g/mol. The van der Waals surface area contributed by atoms with E-state index >= 15 is 0 Å². The third kappa shape index (κ3) is 2.00. The van der Waals surface area contributed by atoms with Crippen molar-refractivity contribution in [3.05, 3.63) is 60.2 Å². The van der Waals surface area contributed by atoms with E-state index in [-0.39, 0.29) is 0 Å². The Morgan fingerprint density at radius 2 is 1.35 bits per heavy atom. The van der Waals surface area contributed by atoms with Gasteiger partial charge in [-0.25, -0.2) is 0 Å². The van der Waals surface area contributed by atoms with Crippen LogP contribution >= 0.6 is 0 Å². The van der Waals surface area contributed by atoms with Gasteiger partial charge in [-0.15, -0.1) is 0 Å². The molecule has 3 aromatic carbocycles. The molecule has 3 aromatic rings. The molecule has 0 amide bonds. The van der Waals surface area contributed by atoms with Gasteiger partial charge >= 0.3 is 0 Å². The van der Waals surface area contributed by atoms with E-state index in [1.165, 1.54) is 53.6 Å². The van der Waals surface area contributed by atoms with E-state index in [4.69, 9.17) is 0 Å². The number of hydrogen-bond donors (Lipinski definition) is 0. The lowest BCUT2D eigenvalue weighted by atomic mass is 9.83. The highest BCUT2D eigenvalue weighted by molar-refractivity contribution is 6.07. The SMILES string of the molecule is c1ccc2c(c1)ccc1ccc(C3CCCCC3)cc12. The lowest BCUT2D eigenvalue weighted by Gasteiger charge is -2.22. The Bertz CT molecular complexity index is 748. The number of benzene rings is 3. The van der Waals surface area contributed by atoms with Gasteiger partial charge in [-0.2, -0.15) is 0 Å². The Kier molecular flexibility index (Phi) is 2.95. The molecule has 0 heteroatoms. The number of rotatable bonds is 1. The van der Waals surface area contributed by atoms with Crippen molar-refractivity contribution in [1.82, 2.24) is 0 Å². The first-order valence-corrected chi connectivity index (χ1v) is 7.83. The van der Waals surface area contributed by atoms with Crippen LogP contribution in [0.2, 0.25) is 0 Å². The molecule has 0 N–H and O–H groups in total. The summed E-state index contributed by atoms with van der Waals surface area (Å²) in [4.78, 5) is 0. The molecule has 4 rings (SSSR count). The van der Waals surface area contributed by atoms with Crippen LogP contribution in [0.4, 0.5) is 0 Å². The number of hydrogen-bond acceptors (Lipinski definition) is 0. The van der Waals surface area contributed by atoms with Gasteiger partial charge in [-0.05, 0) is 45.9 Å². The van der Waals surface area contributed by atoms with Crippen LogP contribution in [0.5, 0.6) is 0 Å². The third-order valence-electron chi connectivity index (χ3n) is 4.85. The molecular weight excluding hydrogens is 240 g/mol. The predicted molar refractivity (Wildman–Crippen MR) is 87.3 cm³/mol. The van der Waals surface area contributed by atoms with E-state index in [0.29, 0.717) is 0 Å². The summed E-state index contributed by atoms with van der Waals surface area (Å²) in [7, 11) is 0. The Balaban J connectivity index is 1.90. The lowest BCUT2D eigenvalue weighted by Crippen LogP contribution is -2.04. The third-order valence-corrected chi connectivity index (χ3v) is 4.85. The summed E-state index contributed by atoms with van der Waals surface area (Å²) in [6.07, 6.45) is 6.97. The first kappa shape index (κ1) is 12.0. The monoisotopic (exact) mass is 260 g/mol. The summed E-state index contributed by atoms with van der Waals surface area (Å²) in [6.45, 7) is 0. The fourth-order valence-electron chi connectivity index (χ4n) is 3.71. The van der Waals surface area contributed by atoms with Crippen molar-refractivity contribution in [3.8, 4) is 0 Å². The van der Waals surface area contributed by atoms with Crippen molar-refractivity contribution < 1.29 is 0 Å². The summed E-state index contributed by atoms with van der Waals surface area (Å²) < 4.78 is 0. The van der Waals surface area contributed by atoms with Crippen LogP contribution in [0.25, 0.3) is 21.5 Å². The van der Waals surface area contributed by atoms with Gasteiger partial charge in [0.05, 0.1) is 0 Å². The fourth-order valence-corrected chi connectivity index (χ4v) is 3.71. The Morgan fingerprint density at radius 3 is 2.20 bits per heavy atom. The predicted octanol–water partition coefficient (Wildman–Crippen LogP) is 6.04. The normalized spacial score (nSPS) is 16.8. The first-order valence-electron chi connectivity index (χ1n) is 7.83. The smallest absolute Gasteiger partial charge is 0.0103 e. The van der Waals surface area contributed by atoms with Crippen molar-refractivity contribution in [2.45, 2.75) is 38.0 Å². The van der Waals surface area contributed by atoms with Crippen molar-refractivity contribution in [1.29, 1.82) is 0 Å². The molecule has 0 saturated heterocycles. The summed E-state index contributed by atoms with van der Waals surface area (Å²) in [5.74, 6) is 0.784. The summed E-state index contributed by atoms with van der Waals surface area (Å²) in [5, 5.41) is 5.53. The number of fused-ring (bicyclic) bond motifs is 3. The Labute approximate surface area is 120 Å². The van der Waals surface area contributed by atoms with Gasteiger partial charge in [0, 0.05) is 0 Å². The molecule has 0 nitrogen and oxygen atoms in total. The zero-order valence-corrected chi connectivity index (χ0v) is 11.8. The van der Waals surface area contributed by atoms with Gasteiger partial charge in [0.2, 0.25) is 0 Å². The minimum Gasteiger partial charge on any atom is -0.0616 e. The van der Waals surface area contributed by atoms with E-state index in [1.54, 1.807) is 5.56 Å². The highest BCUT2D eigenvalue weighted by atomic mass is 14.2. The summed E-state index contributed by atoms with van der Waals surface area (Å²) in [5.41, 5.74) is 1.55. The molecule has 0 unspecified atom stereocenters. The van der Waals surface area contributed by atoms with E-state index in [1.807, 2.05) is 0 Å². The van der Waals surface area contributed by atoms with Crippen LogP contribution in [0.3, 0.4) is 0 Å². The standard InChI is InChI=1S/C20H20/c1-2-6-15(7-3-1)18-13-12-17-11-10-16-8-4-5-9-19(16)20(17)14-18/h4-5,8-15H,1-3,6-7H2. The zero-order chi connectivity index (χ0) is 13.4. The van der Waals surface area contributed by atoms with Crippen LogP contribution in [-0.2, 0) is 0 Å². The summed E-state index contributed by atoms with van der Waals surface area (Å²) >= 11 is 0. The van der Waals surface area contributed by atoms with Gasteiger partial charge in [-0.3, -0.25) is 0 Å². The lowest BCUT2D eigenvalue weighted by molar-refractivity contribution is 0.444. The Hall–Kier alpha value is -1.82. The largest absolute Gasteiger partial charge is 0.0616 e. The quantitative estimate of drug-likeness (QED) is 0.468. The molecule has 1 aliphatic rings. The van der Waals surface area contributed by atoms with E-state index in [9.17, 15) is 0 Å². The highest BCUT2D eigenvalue weighted by Crippen LogP contribution is 2.35. The molecule has 100 valence electrons. The van der Waals surface area contributed by atoms with Gasteiger partial charge < -0.3 is 0 Å². The Morgan fingerprint density at radius 1 is 0.650 bits per heavy atom. The molecule has 0 radical (unpaired) electrons. The van der Waals surface area contributed by atoms with Crippen molar-refractivity contribution in [2.75, 3.05) is 0 Å². The van der Waals surface area contributed by atoms with Crippen LogP contribution < -0.4 is 0 Å². The second-order valence-corrected chi connectivity index (χ2v) is 6.10. The fraction of sp³-hybridized carbons (Fsp3) is 0.300. The van der Waals surface area contributed by atoms with Crippen molar-refractivity contribution in [2.24, 2.45) is 0 Å². The summed E-state index contributed by atoms with van der Waals surface area (Å²) in [6, 6.07) is 20.3. The maximum absolute atomic E-state index is 2.45. The second kappa shape index (κ2) is 4.94. The molecule has 1 saturated carbocycles. The van der Waals surface area contributed by atoms with Gasteiger partial charge in [-0.1, -0.05) is 73.9 Å². The molecule has 0 bridgehead atoms.